The largest absolute Gasteiger partial charge is 0.396 e. The van der Waals surface area contributed by atoms with Gasteiger partial charge in [-0.1, -0.05) is 13.3 Å². The molecule has 6 heteroatoms. The van der Waals surface area contributed by atoms with Gasteiger partial charge in [-0.05, 0) is 38.5 Å². The van der Waals surface area contributed by atoms with Crippen molar-refractivity contribution in [3.05, 3.63) is 15.6 Å². The van der Waals surface area contributed by atoms with Crippen LogP contribution in [0.15, 0.2) is 0 Å². The zero-order valence-electron chi connectivity index (χ0n) is 13.8. The van der Waals surface area contributed by atoms with E-state index in [2.05, 4.69) is 11.9 Å². The van der Waals surface area contributed by atoms with Crippen molar-refractivity contribution in [2.45, 2.75) is 58.0 Å². The average molecular weight is 338 g/mol. The van der Waals surface area contributed by atoms with Crippen LogP contribution in [0.3, 0.4) is 0 Å². The highest BCUT2D eigenvalue weighted by atomic mass is 32.1. The Balaban J connectivity index is 1.71. The van der Waals surface area contributed by atoms with Crippen LogP contribution in [-0.4, -0.2) is 51.8 Å². The second-order valence-electron chi connectivity index (χ2n) is 6.88. The SMILES string of the molecule is CCC[C@]1(CO)CCN(C(=O)c2nc3c(s2)CCCC3)C[C@H]1O. The number of piperidine rings is 1. The van der Waals surface area contributed by atoms with Crippen molar-refractivity contribution in [3.8, 4) is 0 Å². The first kappa shape index (κ1) is 16.9. The van der Waals surface area contributed by atoms with Crippen molar-refractivity contribution < 1.29 is 15.0 Å². The van der Waals surface area contributed by atoms with E-state index in [1.165, 1.54) is 22.6 Å². The number of hydrogen-bond donors (Lipinski definition) is 2. The number of aliphatic hydroxyl groups is 2. The fourth-order valence-electron chi connectivity index (χ4n) is 3.83. The normalized spacial score (nSPS) is 27.8. The molecule has 0 bridgehead atoms. The minimum atomic E-state index is -0.667. The highest BCUT2D eigenvalue weighted by Crippen LogP contribution is 2.37. The Bertz CT molecular complexity index is 551. The van der Waals surface area contributed by atoms with E-state index in [-0.39, 0.29) is 12.5 Å². The number of carbonyl (C=O) groups excluding carboxylic acids is 1. The maximum absolute atomic E-state index is 12.7. The van der Waals surface area contributed by atoms with Gasteiger partial charge in [-0.3, -0.25) is 4.79 Å². The monoisotopic (exact) mass is 338 g/mol. The number of aliphatic hydroxyl groups excluding tert-OH is 2. The predicted octanol–water partition coefficient (Wildman–Crippen LogP) is 2.01. The van der Waals surface area contributed by atoms with Crippen LogP contribution in [0, 0.1) is 5.41 Å². The molecule has 5 nitrogen and oxygen atoms in total. The molecule has 23 heavy (non-hydrogen) atoms. The van der Waals surface area contributed by atoms with Crippen LogP contribution < -0.4 is 0 Å². The Labute approximate surface area is 141 Å². The van der Waals surface area contributed by atoms with E-state index in [0.29, 0.717) is 24.5 Å². The Morgan fingerprint density at radius 3 is 2.87 bits per heavy atom. The third-order valence-corrected chi connectivity index (χ3v) is 6.50. The topological polar surface area (TPSA) is 73.7 Å². The molecule has 1 aromatic rings. The van der Waals surface area contributed by atoms with Crippen LogP contribution in [0.2, 0.25) is 0 Å². The van der Waals surface area contributed by atoms with Crippen LogP contribution in [0.5, 0.6) is 0 Å². The minimum absolute atomic E-state index is 0.0183. The number of thiazole rings is 1. The van der Waals surface area contributed by atoms with E-state index < -0.39 is 11.5 Å². The van der Waals surface area contributed by atoms with Crippen molar-refractivity contribution >= 4 is 17.2 Å². The summed E-state index contributed by atoms with van der Waals surface area (Å²) < 4.78 is 0. The van der Waals surface area contributed by atoms with Crippen molar-refractivity contribution in [1.82, 2.24) is 9.88 Å². The highest BCUT2D eigenvalue weighted by Gasteiger charge is 2.42. The van der Waals surface area contributed by atoms with E-state index in [1.807, 2.05) is 0 Å². The van der Waals surface area contributed by atoms with Gasteiger partial charge in [-0.15, -0.1) is 11.3 Å². The lowest BCUT2D eigenvalue weighted by molar-refractivity contribution is -0.0713. The number of carbonyl (C=O) groups is 1. The van der Waals surface area contributed by atoms with Gasteiger partial charge in [0.1, 0.15) is 0 Å². The van der Waals surface area contributed by atoms with Crippen molar-refractivity contribution in [2.75, 3.05) is 19.7 Å². The van der Waals surface area contributed by atoms with Gasteiger partial charge in [-0.2, -0.15) is 0 Å². The van der Waals surface area contributed by atoms with Crippen molar-refractivity contribution in [3.63, 3.8) is 0 Å². The lowest BCUT2D eigenvalue weighted by atomic mass is 9.73. The molecule has 1 fully saturated rings. The third-order valence-electron chi connectivity index (χ3n) is 5.36. The lowest BCUT2D eigenvalue weighted by Gasteiger charge is -2.44. The fraction of sp³-hybridized carbons (Fsp3) is 0.765. The number of aromatic nitrogens is 1. The maximum atomic E-state index is 12.7. The standard InChI is InChI=1S/C17H26N2O3S/c1-2-7-17(11-20)8-9-19(10-14(17)21)16(22)15-18-12-5-3-4-6-13(12)23-15/h14,20-21H,2-11H2,1H3/t14-,17-/m1/s1. The smallest absolute Gasteiger partial charge is 0.282 e. The molecule has 128 valence electrons. The first-order valence-electron chi connectivity index (χ1n) is 8.66. The molecule has 0 aromatic carbocycles. The van der Waals surface area contributed by atoms with E-state index in [0.717, 1.165) is 37.8 Å². The molecule has 1 aliphatic carbocycles. The first-order valence-corrected chi connectivity index (χ1v) is 9.48. The molecule has 0 unspecified atom stereocenters. The zero-order valence-corrected chi connectivity index (χ0v) is 14.6. The minimum Gasteiger partial charge on any atom is -0.396 e. The van der Waals surface area contributed by atoms with Gasteiger partial charge in [0.05, 0.1) is 18.4 Å². The third kappa shape index (κ3) is 3.16. The summed E-state index contributed by atoms with van der Waals surface area (Å²) in [5.41, 5.74) is 0.644. The summed E-state index contributed by atoms with van der Waals surface area (Å²) in [6, 6.07) is 0. The van der Waals surface area contributed by atoms with Crippen LogP contribution >= 0.6 is 11.3 Å². The van der Waals surface area contributed by atoms with Gasteiger partial charge >= 0.3 is 0 Å². The molecule has 1 amide bonds. The van der Waals surface area contributed by atoms with Crippen LogP contribution in [-0.2, 0) is 12.8 Å². The Kier molecular flexibility index (Phi) is 5.04. The molecule has 2 heterocycles. The zero-order chi connectivity index (χ0) is 16.4. The predicted molar refractivity (Wildman–Crippen MR) is 89.7 cm³/mol. The molecule has 1 aromatic heterocycles. The Morgan fingerprint density at radius 1 is 1.43 bits per heavy atom. The number of nitrogens with zero attached hydrogens (tertiary/aromatic N) is 2. The summed E-state index contributed by atoms with van der Waals surface area (Å²) in [6.07, 6.45) is 6.04. The van der Waals surface area contributed by atoms with Crippen molar-refractivity contribution in [2.24, 2.45) is 5.41 Å². The number of rotatable bonds is 4. The summed E-state index contributed by atoms with van der Waals surface area (Å²) in [5, 5.41) is 20.8. The van der Waals surface area contributed by atoms with Gasteiger partial charge in [-0.25, -0.2) is 4.98 Å². The second-order valence-corrected chi connectivity index (χ2v) is 7.97. The summed E-state index contributed by atoms with van der Waals surface area (Å²) in [7, 11) is 0. The Morgan fingerprint density at radius 2 is 2.22 bits per heavy atom. The molecule has 2 N–H and O–H groups in total. The molecular formula is C17H26N2O3S. The van der Waals surface area contributed by atoms with Crippen LogP contribution in [0.25, 0.3) is 0 Å². The number of β-amino-alcohol motifs (C(OH)–C–C–N with tert-alkyl or cyclic N) is 1. The average Bonchev–Trinajstić information content (AvgIpc) is 3.00. The van der Waals surface area contributed by atoms with Gasteiger partial charge in [0.15, 0.2) is 5.01 Å². The van der Waals surface area contributed by atoms with E-state index in [4.69, 9.17) is 0 Å². The summed E-state index contributed by atoms with van der Waals surface area (Å²) >= 11 is 1.52. The van der Waals surface area contributed by atoms with Gasteiger partial charge < -0.3 is 15.1 Å². The van der Waals surface area contributed by atoms with Gasteiger partial charge in [0.2, 0.25) is 0 Å². The number of amides is 1. The quantitative estimate of drug-likeness (QED) is 0.881. The molecule has 1 aliphatic heterocycles. The Hall–Kier alpha value is -0.980. The molecule has 0 spiro atoms. The number of aryl methyl sites for hydroxylation is 2. The number of fused-ring (bicyclic) bond motifs is 1. The fourth-order valence-corrected chi connectivity index (χ4v) is 4.95. The molecule has 2 atom stereocenters. The molecule has 3 rings (SSSR count). The summed E-state index contributed by atoms with van der Waals surface area (Å²) in [4.78, 5) is 20.2. The van der Waals surface area contributed by atoms with Gasteiger partial charge in [0.25, 0.3) is 5.91 Å². The van der Waals surface area contributed by atoms with Crippen LogP contribution in [0.1, 0.15) is 59.4 Å². The van der Waals surface area contributed by atoms with E-state index >= 15 is 0 Å². The molecule has 1 saturated heterocycles. The number of hydrogen-bond acceptors (Lipinski definition) is 5. The van der Waals surface area contributed by atoms with Crippen molar-refractivity contribution in [1.29, 1.82) is 0 Å². The molecule has 0 saturated carbocycles. The number of likely N-dealkylation sites (tertiary alicyclic amines) is 1. The summed E-state index contributed by atoms with van der Waals surface area (Å²) in [6.45, 7) is 2.92. The van der Waals surface area contributed by atoms with Gasteiger partial charge in [0, 0.05) is 23.4 Å². The first-order chi connectivity index (χ1) is 11.1. The maximum Gasteiger partial charge on any atom is 0.282 e. The second kappa shape index (κ2) is 6.87. The van der Waals surface area contributed by atoms with E-state index in [1.54, 1.807) is 4.90 Å². The highest BCUT2D eigenvalue weighted by molar-refractivity contribution is 7.13. The van der Waals surface area contributed by atoms with E-state index in [9.17, 15) is 15.0 Å². The molecular weight excluding hydrogens is 312 g/mol. The summed E-state index contributed by atoms with van der Waals surface area (Å²) in [5.74, 6) is -0.0634. The lowest BCUT2D eigenvalue weighted by Crippen LogP contribution is -2.54. The van der Waals surface area contributed by atoms with Crippen LogP contribution in [0.4, 0.5) is 0 Å². The molecule has 2 aliphatic rings. The molecule has 0 radical (unpaired) electrons.